The average Bonchev–Trinajstić information content (AvgIpc) is 2.96. The first kappa shape index (κ1) is 29.7. The van der Waals surface area contributed by atoms with E-state index in [0.29, 0.717) is 57.6 Å². The molecule has 0 unspecified atom stereocenters. The highest BCUT2D eigenvalue weighted by molar-refractivity contribution is 5.86. The molecule has 4 heterocycles. The van der Waals surface area contributed by atoms with Crippen LogP contribution < -0.4 is 20.9 Å². The van der Waals surface area contributed by atoms with Crippen LogP contribution in [0.3, 0.4) is 0 Å². The Balaban J connectivity index is 0.000000360. The molecule has 1 amide bonds. The van der Waals surface area contributed by atoms with Gasteiger partial charge in [-0.3, -0.25) is 4.79 Å². The summed E-state index contributed by atoms with van der Waals surface area (Å²) in [5.41, 5.74) is 5.08. The summed E-state index contributed by atoms with van der Waals surface area (Å²) in [5.74, 6) is 0.605. The van der Waals surface area contributed by atoms with Crippen molar-refractivity contribution in [3.05, 3.63) is 24.5 Å². The minimum atomic E-state index is -2.83. The summed E-state index contributed by atoms with van der Waals surface area (Å²) >= 11 is 0. The van der Waals surface area contributed by atoms with Gasteiger partial charge in [0.2, 0.25) is 23.8 Å². The SMILES string of the molecule is C=CC(=O)NCCCC=O.CN1CCN(c2nc(-c3cnc(N)nc3C(F)F)nc(N3CCOCC3)n2)CC1. The van der Waals surface area contributed by atoms with Gasteiger partial charge in [-0.05, 0) is 19.5 Å². The van der Waals surface area contributed by atoms with E-state index in [1.54, 1.807) is 0 Å². The quantitative estimate of drug-likeness (QED) is 0.257. The number of rotatable bonds is 9. The van der Waals surface area contributed by atoms with Gasteiger partial charge in [0.25, 0.3) is 6.43 Å². The number of nitrogens with one attached hydrogen (secondary N) is 1. The number of unbranched alkanes of at least 4 members (excludes halogenated alkanes) is 1. The van der Waals surface area contributed by atoms with Gasteiger partial charge in [-0.1, -0.05) is 6.58 Å². The number of anilines is 3. The number of nitrogens with two attached hydrogens (primary N) is 1. The monoisotopic (exact) mass is 548 g/mol. The van der Waals surface area contributed by atoms with Gasteiger partial charge in [0, 0.05) is 58.4 Å². The number of piperazine rings is 1. The average molecular weight is 549 g/mol. The summed E-state index contributed by atoms with van der Waals surface area (Å²) in [5, 5.41) is 2.55. The molecule has 13 nitrogen and oxygen atoms in total. The smallest absolute Gasteiger partial charge is 0.281 e. The summed E-state index contributed by atoms with van der Waals surface area (Å²) in [4.78, 5) is 47.6. The van der Waals surface area contributed by atoms with Gasteiger partial charge in [0.05, 0.1) is 18.8 Å². The van der Waals surface area contributed by atoms with E-state index < -0.39 is 12.1 Å². The third kappa shape index (κ3) is 8.85. The number of carbonyl (C=O) groups excluding carboxylic acids is 2. The zero-order valence-electron chi connectivity index (χ0n) is 21.9. The van der Waals surface area contributed by atoms with Crippen LogP contribution in [-0.2, 0) is 14.3 Å². The Labute approximate surface area is 225 Å². The number of morpholine rings is 1. The molecule has 2 fully saturated rings. The second kappa shape index (κ2) is 14.9. The van der Waals surface area contributed by atoms with E-state index in [0.717, 1.165) is 32.5 Å². The number of likely N-dealkylation sites (N-methyl/N-ethyl adjacent to an activating group) is 1. The van der Waals surface area contributed by atoms with Crippen LogP contribution in [0.25, 0.3) is 11.4 Å². The molecule has 2 aromatic rings. The Hall–Kier alpha value is -3.85. The van der Waals surface area contributed by atoms with Crippen molar-refractivity contribution in [2.75, 3.05) is 81.6 Å². The number of alkyl halides is 2. The number of hydrogen-bond donors (Lipinski definition) is 2. The third-order valence-corrected chi connectivity index (χ3v) is 5.96. The number of ether oxygens (including phenoxy) is 1. The molecule has 39 heavy (non-hydrogen) atoms. The van der Waals surface area contributed by atoms with Crippen LogP contribution in [0.4, 0.5) is 26.6 Å². The van der Waals surface area contributed by atoms with Crippen LogP contribution in [-0.4, -0.2) is 108 Å². The molecule has 0 aliphatic carbocycles. The molecule has 0 saturated carbocycles. The molecule has 0 spiro atoms. The fourth-order valence-electron chi connectivity index (χ4n) is 3.74. The van der Waals surface area contributed by atoms with Gasteiger partial charge in [-0.2, -0.15) is 15.0 Å². The van der Waals surface area contributed by atoms with Crippen LogP contribution in [0.15, 0.2) is 18.9 Å². The van der Waals surface area contributed by atoms with Crippen molar-refractivity contribution in [1.82, 2.24) is 35.1 Å². The summed E-state index contributed by atoms with van der Waals surface area (Å²) in [6.45, 7) is 9.37. The molecule has 0 radical (unpaired) electrons. The minimum Gasteiger partial charge on any atom is -0.378 e. The van der Waals surface area contributed by atoms with Crippen molar-refractivity contribution in [3.63, 3.8) is 0 Å². The third-order valence-electron chi connectivity index (χ3n) is 5.96. The molecule has 2 aromatic heterocycles. The Kier molecular flexibility index (Phi) is 11.4. The number of halogens is 2. The van der Waals surface area contributed by atoms with E-state index in [4.69, 9.17) is 10.5 Å². The largest absolute Gasteiger partial charge is 0.378 e. The first-order valence-electron chi connectivity index (χ1n) is 12.6. The Morgan fingerprint density at radius 1 is 1.10 bits per heavy atom. The van der Waals surface area contributed by atoms with Crippen molar-refractivity contribution in [3.8, 4) is 11.4 Å². The lowest BCUT2D eigenvalue weighted by Gasteiger charge is -2.33. The molecule has 15 heteroatoms. The topological polar surface area (TPSA) is 156 Å². The van der Waals surface area contributed by atoms with Crippen molar-refractivity contribution in [2.24, 2.45) is 0 Å². The zero-order chi connectivity index (χ0) is 28.2. The fourth-order valence-corrected chi connectivity index (χ4v) is 3.74. The summed E-state index contributed by atoms with van der Waals surface area (Å²) in [7, 11) is 2.05. The Morgan fingerprint density at radius 2 is 1.74 bits per heavy atom. The molecule has 2 aliphatic rings. The lowest BCUT2D eigenvalue weighted by Crippen LogP contribution is -2.45. The number of hydrogen-bond acceptors (Lipinski definition) is 12. The van der Waals surface area contributed by atoms with Crippen molar-refractivity contribution in [1.29, 1.82) is 0 Å². The molecule has 0 atom stereocenters. The summed E-state index contributed by atoms with van der Waals surface area (Å²) in [6, 6.07) is 0. The van der Waals surface area contributed by atoms with E-state index in [1.807, 2.05) is 9.80 Å². The fraction of sp³-hybridized carbons (Fsp3) is 0.542. The molecule has 2 aliphatic heterocycles. The van der Waals surface area contributed by atoms with Crippen LogP contribution in [0.1, 0.15) is 25.0 Å². The molecule has 0 aromatic carbocycles. The number of aldehydes is 1. The first-order valence-corrected chi connectivity index (χ1v) is 12.6. The van der Waals surface area contributed by atoms with Crippen LogP contribution in [0.2, 0.25) is 0 Å². The van der Waals surface area contributed by atoms with Crippen molar-refractivity contribution >= 4 is 30.0 Å². The second-order valence-corrected chi connectivity index (χ2v) is 8.78. The van der Waals surface area contributed by atoms with Gasteiger partial charge < -0.3 is 35.3 Å². The van der Waals surface area contributed by atoms with Gasteiger partial charge >= 0.3 is 0 Å². The highest BCUT2D eigenvalue weighted by atomic mass is 19.3. The number of nitrogen functional groups attached to an aromatic ring is 1. The van der Waals surface area contributed by atoms with E-state index in [9.17, 15) is 18.4 Å². The van der Waals surface area contributed by atoms with E-state index >= 15 is 0 Å². The predicted molar refractivity (Wildman–Crippen MR) is 141 cm³/mol. The molecular weight excluding hydrogens is 514 g/mol. The maximum atomic E-state index is 13.6. The molecule has 0 bridgehead atoms. The Morgan fingerprint density at radius 3 is 2.33 bits per heavy atom. The van der Waals surface area contributed by atoms with Crippen molar-refractivity contribution in [2.45, 2.75) is 19.3 Å². The van der Waals surface area contributed by atoms with E-state index in [2.05, 4.69) is 48.8 Å². The highest BCUT2D eigenvalue weighted by Crippen LogP contribution is 2.29. The molecule has 3 N–H and O–H groups in total. The van der Waals surface area contributed by atoms with E-state index in [1.165, 1.54) is 12.3 Å². The maximum Gasteiger partial charge on any atom is 0.281 e. The lowest BCUT2D eigenvalue weighted by atomic mass is 10.2. The van der Waals surface area contributed by atoms with Gasteiger partial charge in [-0.15, -0.1) is 0 Å². The first-order chi connectivity index (χ1) is 18.8. The number of nitrogens with zero attached hydrogens (tertiary/aromatic N) is 8. The second-order valence-electron chi connectivity index (χ2n) is 8.78. The molecule has 4 rings (SSSR count). The normalized spacial score (nSPS) is 15.9. The van der Waals surface area contributed by atoms with Gasteiger partial charge in [0.1, 0.15) is 12.0 Å². The Bertz CT molecular complexity index is 1110. The molecule has 212 valence electrons. The van der Waals surface area contributed by atoms with Gasteiger partial charge in [0.15, 0.2) is 5.82 Å². The number of amides is 1. The predicted octanol–water partition coefficient (Wildman–Crippen LogP) is 0.705. The summed E-state index contributed by atoms with van der Waals surface area (Å²) in [6.07, 6.45) is 1.66. The maximum absolute atomic E-state index is 13.6. The minimum absolute atomic E-state index is 0.0569. The number of carbonyl (C=O) groups is 2. The highest BCUT2D eigenvalue weighted by Gasteiger charge is 2.25. The van der Waals surface area contributed by atoms with Crippen LogP contribution in [0.5, 0.6) is 0 Å². The van der Waals surface area contributed by atoms with Crippen LogP contribution in [0, 0.1) is 0 Å². The zero-order valence-corrected chi connectivity index (χ0v) is 21.9. The molecular formula is C24H34F2N10O3. The van der Waals surface area contributed by atoms with Crippen LogP contribution >= 0.6 is 0 Å². The molecule has 2 saturated heterocycles. The van der Waals surface area contributed by atoms with Gasteiger partial charge in [-0.25, -0.2) is 18.7 Å². The standard InChI is InChI=1S/C17H23F2N9O.C7H11NO2/c1-26-2-4-27(5-3-26)16-23-14(11-10-21-15(20)22-12(11)13(18)19)24-17(25-16)28-6-8-29-9-7-28;1-2-7(10)8-5-3-4-6-9/h10,13H,2-9H2,1H3,(H2,20,21,22);2,6H,1,3-5H2,(H,8,10). The van der Waals surface area contributed by atoms with Crippen molar-refractivity contribution < 1.29 is 23.1 Å². The number of aromatic nitrogens is 5. The summed E-state index contributed by atoms with van der Waals surface area (Å²) < 4.78 is 32.6. The van der Waals surface area contributed by atoms with E-state index in [-0.39, 0.29) is 23.2 Å². The lowest BCUT2D eigenvalue weighted by molar-refractivity contribution is -0.116.